The first kappa shape index (κ1) is 19.0. The highest BCUT2D eigenvalue weighted by atomic mass is 127. The molecule has 0 saturated heterocycles. The van der Waals surface area contributed by atoms with Crippen LogP contribution in [0.4, 0.5) is 4.39 Å². The Morgan fingerprint density at radius 3 is 2.05 bits per heavy atom. The van der Waals surface area contributed by atoms with Crippen LogP contribution in [0, 0.1) is 9.52 Å². The van der Waals surface area contributed by atoms with Crippen LogP contribution in [0.1, 0.15) is 84.1 Å². The Bertz CT molecular complexity index is 427. The molecule has 0 spiro atoms. The monoisotopic (exact) mass is 407 g/mol. The van der Waals surface area contributed by atoms with Crippen LogP contribution in [0.25, 0.3) is 0 Å². The molecule has 0 bridgehead atoms. The smallest absolute Gasteiger partial charge is 0.145 e. The minimum atomic E-state index is -0.0172. The summed E-state index contributed by atoms with van der Waals surface area (Å²) >= 11 is 2.30. The molecule has 0 radical (unpaired) electrons. The van der Waals surface area contributed by atoms with E-state index in [9.17, 15) is 4.39 Å². The summed E-state index contributed by atoms with van der Waals surface area (Å²) in [5.74, 6) is -0.0172. The number of hydrogen-bond acceptors (Lipinski definition) is 0. The van der Waals surface area contributed by atoms with Crippen LogP contribution in [-0.4, -0.2) is 4.57 Å². The van der Waals surface area contributed by atoms with E-state index in [0.29, 0.717) is 0 Å². The van der Waals surface area contributed by atoms with Crippen molar-refractivity contribution in [2.75, 3.05) is 0 Å². The average molecular weight is 407 g/mol. The Balaban J connectivity index is 2.88. The van der Waals surface area contributed by atoms with Crippen LogP contribution < -0.4 is 0 Å². The van der Waals surface area contributed by atoms with E-state index in [4.69, 9.17) is 0 Å². The van der Waals surface area contributed by atoms with Gasteiger partial charge in [-0.15, -0.1) is 0 Å². The second-order valence-corrected chi connectivity index (χ2v) is 7.60. The Kier molecular flexibility index (Phi) is 8.28. The fraction of sp³-hybridized carbons (Fsp3) is 0.778. The molecule has 3 heteroatoms. The van der Waals surface area contributed by atoms with Crippen LogP contribution >= 0.6 is 22.6 Å². The predicted molar refractivity (Wildman–Crippen MR) is 98.3 cm³/mol. The van der Waals surface area contributed by atoms with Gasteiger partial charge in [-0.1, -0.05) is 65.7 Å². The van der Waals surface area contributed by atoms with Gasteiger partial charge in [0.1, 0.15) is 5.82 Å². The molecule has 1 nitrogen and oxygen atoms in total. The fourth-order valence-corrected chi connectivity index (χ4v) is 4.23. The Labute approximate surface area is 143 Å². The Morgan fingerprint density at radius 1 is 1.05 bits per heavy atom. The molecule has 1 atom stereocenters. The summed E-state index contributed by atoms with van der Waals surface area (Å²) in [6, 6.07) is 0. The molecular formula is C18H31FIN. The van der Waals surface area contributed by atoms with Crippen LogP contribution in [0.5, 0.6) is 0 Å². The topological polar surface area (TPSA) is 4.93 Å². The van der Waals surface area contributed by atoms with Crippen LogP contribution in [0.2, 0.25) is 0 Å². The minimum absolute atomic E-state index is 0.00915. The lowest BCUT2D eigenvalue weighted by atomic mass is 9.75. The summed E-state index contributed by atoms with van der Waals surface area (Å²) in [5, 5.41) is 0. The highest BCUT2D eigenvalue weighted by molar-refractivity contribution is 14.1. The second-order valence-electron chi connectivity index (χ2n) is 6.58. The van der Waals surface area contributed by atoms with Gasteiger partial charge in [-0.05, 0) is 40.8 Å². The zero-order chi connectivity index (χ0) is 15.9. The van der Waals surface area contributed by atoms with E-state index in [1.807, 2.05) is 11.6 Å². The van der Waals surface area contributed by atoms with Gasteiger partial charge in [0.25, 0.3) is 0 Å². The first-order valence-electron chi connectivity index (χ1n) is 8.47. The summed E-state index contributed by atoms with van der Waals surface area (Å²) < 4.78 is 17.4. The number of rotatable bonds is 10. The van der Waals surface area contributed by atoms with Gasteiger partial charge in [-0.3, -0.25) is 0 Å². The molecule has 0 aliphatic carbocycles. The third-order valence-electron chi connectivity index (χ3n) is 4.58. The average Bonchev–Trinajstić information content (AvgIpc) is 2.69. The maximum atomic E-state index is 14.4. The summed E-state index contributed by atoms with van der Waals surface area (Å²) in [7, 11) is 1.94. The molecule has 0 saturated carbocycles. The summed E-state index contributed by atoms with van der Waals surface area (Å²) in [6.45, 7) is 6.74. The van der Waals surface area contributed by atoms with E-state index in [-0.39, 0.29) is 11.2 Å². The largest absolute Gasteiger partial charge is 0.343 e. The molecule has 1 unspecified atom stereocenters. The van der Waals surface area contributed by atoms with Gasteiger partial charge in [0, 0.05) is 18.8 Å². The van der Waals surface area contributed by atoms with Crippen molar-refractivity contribution < 1.29 is 4.39 Å². The molecule has 0 aliphatic heterocycles. The van der Waals surface area contributed by atoms with E-state index in [1.165, 1.54) is 44.9 Å². The fourth-order valence-electron chi connectivity index (χ4n) is 3.19. The summed E-state index contributed by atoms with van der Waals surface area (Å²) in [6.07, 6.45) is 12.5. The van der Waals surface area contributed by atoms with E-state index < -0.39 is 0 Å². The molecule has 0 amide bonds. The van der Waals surface area contributed by atoms with Crippen LogP contribution in [0.3, 0.4) is 0 Å². The molecule has 1 rings (SSSR count). The third kappa shape index (κ3) is 5.26. The van der Waals surface area contributed by atoms with Crippen molar-refractivity contribution >= 4 is 22.6 Å². The molecule has 1 aromatic rings. The first-order valence-corrected chi connectivity index (χ1v) is 9.55. The molecule has 0 aromatic carbocycles. The van der Waals surface area contributed by atoms with Crippen molar-refractivity contribution in [2.24, 2.45) is 7.05 Å². The first-order chi connectivity index (χ1) is 9.96. The predicted octanol–water partition coefficient (Wildman–Crippen LogP) is 6.58. The van der Waals surface area contributed by atoms with Crippen molar-refractivity contribution in [2.45, 2.75) is 84.0 Å². The van der Waals surface area contributed by atoms with Gasteiger partial charge >= 0.3 is 0 Å². The Morgan fingerprint density at radius 2 is 1.57 bits per heavy atom. The number of halogens is 2. The highest BCUT2D eigenvalue weighted by Crippen LogP contribution is 2.39. The molecule has 21 heavy (non-hydrogen) atoms. The van der Waals surface area contributed by atoms with Gasteiger partial charge in [-0.2, -0.15) is 0 Å². The van der Waals surface area contributed by atoms with E-state index in [0.717, 1.165) is 22.1 Å². The molecule has 0 aliphatic rings. The molecular weight excluding hydrogens is 376 g/mol. The van der Waals surface area contributed by atoms with Crippen molar-refractivity contribution in [1.82, 2.24) is 4.57 Å². The number of aryl methyl sites for hydroxylation is 1. The van der Waals surface area contributed by atoms with Crippen molar-refractivity contribution in [3.63, 3.8) is 0 Å². The number of unbranched alkanes of at least 4 members (excludes halogenated alkanes) is 5. The molecule has 1 heterocycles. The Hall–Kier alpha value is -0.0600. The van der Waals surface area contributed by atoms with Crippen molar-refractivity contribution in [3.8, 4) is 0 Å². The highest BCUT2D eigenvalue weighted by Gasteiger charge is 2.32. The summed E-state index contributed by atoms with van der Waals surface area (Å²) in [4.78, 5) is 0. The van der Waals surface area contributed by atoms with E-state index in [2.05, 4.69) is 43.4 Å². The number of nitrogens with zero attached hydrogens (tertiary/aromatic N) is 1. The van der Waals surface area contributed by atoms with Gasteiger partial charge in [0.2, 0.25) is 0 Å². The maximum absolute atomic E-state index is 14.4. The lowest BCUT2D eigenvalue weighted by molar-refractivity contribution is 0.352. The lowest BCUT2D eigenvalue weighted by Crippen LogP contribution is -2.24. The van der Waals surface area contributed by atoms with Crippen molar-refractivity contribution in [3.05, 3.63) is 21.3 Å². The standard InChI is InChI=1S/C18H31FIN/c1-5-7-9-11-13-18(3,12-10-8-6-2)16-15(19)14-21(4)17(16)20/h14H,5-13H2,1-4H3. The maximum Gasteiger partial charge on any atom is 0.145 e. The van der Waals surface area contributed by atoms with Gasteiger partial charge in [0.05, 0.1) is 3.70 Å². The molecule has 0 N–H and O–H groups in total. The number of hydrogen-bond donors (Lipinski definition) is 0. The van der Waals surface area contributed by atoms with E-state index >= 15 is 0 Å². The minimum Gasteiger partial charge on any atom is -0.343 e. The number of aromatic nitrogens is 1. The van der Waals surface area contributed by atoms with Crippen LogP contribution in [0.15, 0.2) is 6.20 Å². The van der Waals surface area contributed by atoms with Gasteiger partial charge < -0.3 is 4.57 Å². The van der Waals surface area contributed by atoms with Crippen LogP contribution in [-0.2, 0) is 12.5 Å². The normalized spacial score (nSPS) is 14.4. The quantitative estimate of drug-likeness (QED) is 0.305. The SMILES string of the molecule is CCCCCCC(C)(CCCCC)c1c(F)cn(C)c1I. The van der Waals surface area contributed by atoms with Crippen molar-refractivity contribution in [1.29, 1.82) is 0 Å². The molecule has 122 valence electrons. The zero-order valence-electron chi connectivity index (χ0n) is 14.1. The molecule has 0 fully saturated rings. The second kappa shape index (κ2) is 9.16. The van der Waals surface area contributed by atoms with Gasteiger partial charge in [-0.25, -0.2) is 4.39 Å². The van der Waals surface area contributed by atoms with Gasteiger partial charge in [0.15, 0.2) is 0 Å². The molecule has 1 aromatic heterocycles. The summed E-state index contributed by atoms with van der Waals surface area (Å²) in [5.41, 5.74) is 0.948. The zero-order valence-corrected chi connectivity index (χ0v) is 16.3. The lowest BCUT2D eigenvalue weighted by Gasteiger charge is -2.30. The van der Waals surface area contributed by atoms with E-state index in [1.54, 1.807) is 6.20 Å². The third-order valence-corrected chi connectivity index (χ3v) is 5.88.